The SMILES string of the molecule is CCOC(=O)c1cccc(S(=O)(=O)NC(=O)C(C)(C)C)c1OC(=O)[C@H](Cc1ccccc1)NC(=O)[C@@H](NC(=O)CCN1C(=O)C=CC1=O)C(C)(C)C. The Bertz CT molecular complexity index is 1840. The van der Waals surface area contributed by atoms with E-state index in [4.69, 9.17) is 9.47 Å². The van der Waals surface area contributed by atoms with Crippen molar-refractivity contribution < 1.29 is 51.5 Å². The molecule has 0 saturated carbocycles. The highest BCUT2D eigenvalue weighted by molar-refractivity contribution is 7.90. The predicted molar refractivity (Wildman–Crippen MR) is 187 cm³/mol. The summed E-state index contributed by atoms with van der Waals surface area (Å²) in [5, 5.41) is 5.21. The van der Waals surface area contributed by atoms with E-state index in [9.17, 15) is 42.0 Å². The van der Waals surface area contributed by atoms with Crippen LogP contribution in [0.2, 0.25) is 0 Å². The van der Waals surface area contributed by atoms with E-state index in [-0.39, 0.29) is 26.0 Å². The van der Waals surface area contributed by atoms with Crippen molar-refractivity contribution in [2.24, 2.45) is 10.8 Å². The van der Waals surface area contributed by atoms with Gasteiger partial charge in [0.05, 0.1) is 6.61 Å². The molecule has 0 spiro atoms. The number of hydrogen-bond donors (Lipinski definition) is 3. The normalized spacial score (nSPS) is 14.3. The van der Waals surface area contributed by atoms with E-state index < -0.39 is 90.6 Å². The van der Waals surface area contributed by atoms with E-state index >= 15 is 0 Å². The summed E-state index contributed by atoms with van der Waals surface area (Å²) in [7, 11) is -4.73. The van der Waals surface area contributed by atoms with E-state index in [0.717, 1.165) is 23.1 Å². The number of carbonyl (C=O) groups is 7. The fourth-order valence-corrected chi connectivity index (χ4v) is 6.09. The Balaban J connectivity index is 1.98. The molecule has 0 unspecified atom stereocenters. The molecule has 16 heteroatoms. The maximum Gasteiger partial charge on any atom is 0.341 e. The van der Waals surface area contributed by atoms with Crippen LogP contribution in [-0.4, -0.2) is 80.0 Å². The average molecular weight is 741 g/mol. The molecule has 1 heterocycles. The standard InChI is InChI=1S/C36H44N4O11S/c1-8-50-32(45)23-15-12-16-25(52(48,49)39-34(47)36(5,6)7)29(23)51-33(46)24(21-22-13-10-9-11-14-22)37-31(44)30(35(2,3)4)38-26(41)19-20-40-27(42)17-18-28(40)43/h9-18,24,30H,8,19-21H2,1-7H3,(H,37,44)(H,38,41)(H,39,47)/t24-,30+/m0/s1. The van der Waals surface area contributed by atoms with Crippen LogP contribution in [0.4, 0.5) is 0 Å². The zero-order chi connectivity index (χ0) is 39.0. The first-order chi connectivity index (χ1) is 24.1. The van der Waals surface area contributed by atoms with Gasteiger partial charge >= 0.3 is 11.9 Å². The van der Waals surface area contributed by atoms with Crippen molar-refractivity contribution in [1.82, 2.24) is 20.3 Å². The topological polar surface area (TPSA) is 211 Å². The van der Waals surface area contributed by atoms with Crippen molar-refractivity contribution in [2.75, 3.05) is 13.2 Å². The lowest BCUT2D eigenvalue weighted by Gasteiger charge is -2.32. The molecule has 5 amide bonds. The van der Waals surface area contributed by atoms with Gasteiger partial charge in [0.2, 0.25) is 17.7 Å². The summed E-state index contributed by atoms with van der Waals surface area (Å²) < 4.78 is 39.7. The van der Waals surface area contributed by atoms with Crippen LogP contribution in [0.25, 0.3) is 0 Å². The second kappa shape index (κ2) is 16.8. The zero-order valence-corrected chi connectivity index (χ0v) is 30.9. The molecule has 1 aliphatic rings. The van der Waals surface area contributed by atoms with Gasteiger partial charge in [0.15, 0.2) is 5.75 Å². The summed E-state index contributed by atoms with van der Waals surface area (Å²) in [4.78, 5) is 90.5. The Kier molecular flexibility index (Phi) is 13.2. The number of benzene rings is 2. The number of amides is 5. The lowest BCUT2D eigenvalue weighted by molar-refractivity contribution is -0.141. The first kappa shape index (κ1) is 41.0. The van der Waals surface area contributed by atoms with Gasteiger partial charge in [-0.2, -0.15) is 0 Å². The van der Waals surface area contributed by atoms with Crippen molar-refractivity contribution in [3.8, 4) is 5.75 Å². The summed E-state index contributed by atoms with van der Waals surface area (Å²) in [5.74, 6) is -6.39. The highest BCUT2D eigenvalue weighted by atomic mass is 32.2. The molecule has 0 aliphatic carbocycles. The van der Waals surface area contributed by atoms with Gasteiger partial charge in [-0.15, -0.1) is 0 Å². The third-order valence-corrected chi connectivity index (χ3v) is 9.01. The maximum absolute atomic E-state index is 14.0. The summed E-state index contributed by atoms with van der Waals surface area (Å²) in [6.45, 7) is 10.7. The third-order valence-electron chi connectivity index (χ3n) is 7.65. The van der Waals surface area contributed by atoms with E-state index in [2.05, 4.69) is 10.6 Å². The number of sulfonamides is 1. The fourth-order valence-electron chi connectivity index (χ4n) is 4.78. The molecule has 0 saturated heterocycles. The van der Waals surface area contributed by atoms with Gasteiger partial charge in [-0.25, -0.2) is 22.7 Å². The Morgan fingerprint density at radius 3 is 2.02 bits per heavy atom. The molecule has 2 aromatic carbocycles. The van der Waals surface area contributed by atoms with Gasteiger partial charge in [0, 0.05) is 37.0 Å². The van der Waals surface area contributed by atoms with E-state index in [1.165, 1.54) is 39.8 Å². The minimum atomic E-state index is -4.73. The van der Waals surface area contributed by atoms with Gasteiger partial charge in [0.1, 0.15) is 22.5 Å². The second-order valence-electron chi connectivity index (χ2n) is 14.0. The molecule has 0 aromatic heterocycles. The molecule has 0 radical (unpaired) electrons. The minimum Gasteiger partial charge on any atom is -0.462 e. The highest BCUT2D eigenvalue weighted by Crippen LogP contribution is 2.31. The molecular weight excluding hydrogens is 696 g/mol. The minimum absolute atomic E-state index is 0.0991. The molecule has 52 heavy (non-hydrogen) atoms. The van der Waals surface area contributed by atoms with Crippen LogP contribution in [0.3, 0.4) is 0 Å². The molecule has 2 aromatic rings. The van der Waals surface area contributed by atoms with Crippen LogP contribution in [0.15, 0.2) is 65.6 Å². The second-order valence-corrected chi connectivity index (χ2v) is 15.6. The molecule has 0 bridgehead atoms. The first-order valence-electron chi connectivity index (χ1n) is 16.4. The number of hydrogen-bond acceptors (Lipinski definition) is 11. The fraction of sp³-hybridized carbons (Fsp3) is 0.417. The molecule has 15 nitrogen and oxygen atoms in total. The largest absolute Gasteiger partial charge is 0.462 e. The number of nitrogens with one attached hydrogen (secondary N) is 3. The zero-order valence-electron chi connectivity index (χ0n) is 30.1. The smallest absolute Gasteiger partial charge is 0.341 e. The number of para-hydroxylation sites is 1. The number of esters is 2. The Morgan fingerprint density at radius 2 is 1.46 bits per heavy atom. The first-order valence-corrected chi connectivity index (χ1v) is 17.9. The van der Waals surface area contributed by atoms with Crippen LogP contribution < -0.4 is 20.1 Å². The van der Waals surface area contributed by atoms with Crippen molar-refractivity contribution in [2.45, 2.75) is 78.3 Å². The lowest BCUT2D eigenvalue weighted by atomic mass is 9.85. The van der Waals surface area contributed by atoms with Crippen molar-refractivity contribution in [3.63, 3.8) is 0 Å². The Morgan fingerprint density at radius 1 is 0.846 bits per heavy atom. The maximum atomic E-state index is 14.0. The van der Waals surface area contributed by atoms with Crippen LogP contribution in [-0.2, 0) is 49.9 Å². The van der Waals surface area contributed by atoms with E-state index in [1.807, 2.05) is 4.72 Å². The van der Waals surface area contributed by atoms with Crippen LogP contribution in [0, 0.1) is 10.8 Å². The number of carbonyl (C=O) groups excluding carboxylic acids is 7. The summed E-state index contributed by atoms with van der Waals surface area (Å²) in [6.07, 6.45) is 1.71. The molecule has 3 N–H and O–H groups in total. The van der Waals surface area contributed by atoms with Gasteiger partial charge < -0.3 is 20.1 Å². The molecule has 2 atom stereocenters. The Labute approximate surface area is 302 Å². The average Bonchev–Trinajstić information content (AvgIpc) is 3.37. The van der Waals surface area contributed by atoms with Gasteiger partial charge in [-0.05, 0) is 30.0 Å². The molecule has 280 valence electrons. The molecule has 3 rings (SSSR count). The van der Waals surface area contributed by atoms with Crippen molar-refractivity contribution in [1.29, 1.82) is 0 Å². The van der Waals surface area contributed by atoms with Crippen LogP contribution in [0.5, 0.6) is 5.75 Å². The monoisotopic (exact) mass is 740 g/mol. The molecular formula is C36H44N4O11S. The van der Waals surface area contributed by atoms with Crippen molar-refractivity contribution in [3.05, 3.63) is 71.8 Å². The quantitative estimate of drug-likeness (QED) is 0.145. The van der Waals surface area contributed by atoms with E-state index in [1.54, 1.807) is 51.1 Å². The van der Waals surface area contributed by atoms with E-state index in [0.29, 0.717) is 5.56 Å². The molecule has 1 aliphatic heterocycles. The third kappa shape index (κ3) is 10.8. The summed E-state index contributed by atoms with van der Waals surface area (Å²) in [5.41, 5.74) is -1.92. The van der Waals surface area contributed by atoms with Gasteiger partial charge in [-0.3, -0.25) is 28.9 Å². The number of imide groups is 1. The Hall–Kier alpha value is -5.38. The molecule has 0 fully saturated rings. The predicted octanol–water partition coefficient (Wildman–Crippen LogP) is 2.19. The lowest BCUT2D eigenvalue weighted by Crippen LogP contribution is -2.57. The number of rotatable bonds is 14. The summed E-state index contributed by atoms with van der Waals surface area (Å²) in [6, 6.07) is 9.17. The van der Waals surface area contributed by atoms with Gasteiger partial charge in [0.25, 0.3) is 21.8 Å². The van der Waals surface area contributed by atoms with Gasteiger partial charge in [-0.1, -0.05) is 77.9 Å². The van der Waals surface area contributed by atoms with Crippen molar-refractivity contribution >= 4 is 51.5 Å². The van der Waals surface area contributed by atoms with Crippen LogP contribution >= 0.6 is 0 Å². The summed E-state index contributed by atoms with van der Waals surface area (Å²) >= 11 is 0. The highest BCUT2D eigenvalue weighted by Gasteiger charge is 2.38. The number of ether oxygens (including phenoxy) is 2. The number of nitrogens with zero attached hydrogens (tertiary/aromatic N) is 1. The van der Waals surface area contributed by atoms with Crippen LogP contribution in [0.1, 0.15) is 70.8 Å².